The fourth-order valence-corrected chi connectivity index (χ4v) is 3.24. The van der Waals surface area contributed by atoms with Crippen LogP contribution in [0.25, 0.3) is 0 Å². The zero-order valence-electron chi connectivity index (χ0n) is 13.2. The lowest BCUT2D eigenvalue weighted by molar-refractivity contribution is 0.0756. The zero-order chi connectivity index (χ0) is 15.6. The predicted molar refractivity (Wildman–Crippen MR) is 88.6 cm³/mol. The van der Waals surface area contributed by atoms with Crippen LogP contribution in [0.3, 0.4) is 0 Å². The Bertz CT molecular complexity index is 522. The number of rotatable bonds is 1. The first-order valence-corrected chi connectivity index (χ1v) is 8.01. The van der Waals surface area contributed by atoms with Gasteiger partial charge >= 0.3 is 0 Å². The predicted octanol–water partition coefficient (Wildman–Crippen LogP) is 4.21. The molecule has 3 nitrogen and oxygen atoms in total. The molecule has 0 radical (unpaired) electrons. The Hall–Kier alpha value is -1.22. The van der Waals surface area contributed by atoms with Gasteiger partial charge in [0.05, 0.1) is 5.56 Å². The summed E-state index contributed by atoms with van der Waals surface area (Å²) in [7, 11) is 0. The van der Waals surface area contributed by atoms with Crippen LogP contribution in [0.5, 0.6) is 0 Å². The molecule has 116 valence electrons. The molecular weight excluding hydrogens is 284 g/mol. The minimum absolute atomic E-state index is 0.0266. The Kier molecular flexibility index (Phi) is 4.82. The van der Waals surface area contributed by atoms with Gasteiger partial charge in [0.1, 0.15) is 0 Å². The van der Waals surface area contributed by atoms with Crippen LogP contribution in [0.15, 0.2) is 18.2 Å². The first-order chi connectivity index (χ1) is 9.79. The highest BCUT2D eigenvalue weighted by Crippen LogP contribution is 2.34. The summed E-state index contributed by atoms with van der Waals surface area (Å²) in [6, 6.07) is 5.09. The second-order valence-electron chi connectivity index (χ2n) is 7.02. The van der Waals surface area contributed by atoms with Crippen LogP contribution >= 0.6 is 11.6 Å². The number of nitrogens with two attached hydrogens (primary N) is 1. The van der Waals surface area contributed by atoms with E-state index in [2.05, 4.69) is 20.8 Å². The number of likely N-dealkylation sites (tertiary alicyclic amines) is 1. The molecule has 1 amide bonds. The van der Waals surface area contributed by atoms with Crippen molar-refractivity contribution in [2.45, 2.75) is 40.0 Å². The highest BCUT2D eigenvalue weighted by Gasteiger charge is 2.29. The van der Waals surface area contributed by atoms with Crippen LogP contribution in [0.4, 0.5) is 5.69 Å². The highest BCUT2D eigenvalue weighted by atomic mass is 35.5. The molecule has 0 spiro atoms. The molecule has 1 unspecified atom stereocenters. The maximum atomic E-state index is 12.6. The van der Waals surface area contributed by atoms with Gasteiger partial charge < -0.3 is 10.6 Å². The zero-order valence-corrected chi connectivity index (χ0v) is 13.9. The number of anilines is 1. The van der Waals surface area contributed by atoms with Crippen LogP contribution in [-0.2, 0) is 0 Å². The van der Waals surface area contributed by atoms with E-state index in [0.717, 1.165) is 25.9 Å². The first-order valence-electron chi connectivity index (χ1n) is 7.63. The van der Waals surface area contributed by atoms with E-state index in [1.54, 1.807) is 18.2 Å². The van der Waals surface area contributed by atoms with Crippen molar-refractivity contribution in [1.29, 1.82) is 0 Å². The summed E-state index contributed by atoms with van der Waals surface area (Å²) < 4.78 is 0. The lowest BCUT2D eigenvalue weighted by atomic mass is 9.77. The number of hydrogen-bond donors (Lipinski definition) is 1. The van der Waals surface area contributed by atoms with Crippen molar-refractivity contribution in [2.24, 2.45) is 11.3 Å². The van der Waals surface area contributed by atoms with Crippen LogP contribution in [0.2, 0.25) is 5.02 Å². The van der Waals surface area contributed by atoms with E-state index in [4.69, 9.17) is 17.3 Å². The normalized spacial score (nSPS) is 20.2. The molecular formula is C17H25ClN2O. The number of halogens is 1. The summed E-state index contributed by atoms with van der Waals surface area (Å²) in [5, 5.41) is 0.563. The van der Waals surface area contributed by atoms with E-state index in [-0.39, 0.29) is 5.91 Å². The molecule has 2 rings (SSSR count). The van der Waals surface area contributed by atoms with E-state index in [0.29, 0.717) is 27.6 Å². The molecule has 1 aromatic carbocycles. The molecule has 0 saturated carbocycles. The first kappa shape index (κ1) is 16.2. The average molecular weight is 309 g/mol. The van der Waals surface area contributed by atoms with Crippen molar-refractivity contribution >= 4 is 23.2 Å². The third-order valence-electron chi connectivity index (χ3n) is 4.48. The Morgan fingerprint density at radius 3 is 2.62 bits per heavy atom. The number of hydrogen-bond acceptors (Lipinski definition) is 2. The topological polar surface area (TPSA) is 46.3 Å². The van der Waals surface area contributed by atoms with Gasteiger partial charge in [0.15, 0.2) is 0 Å². The molecule has 2 N–H and O–H groups in total. The summed E-state index contributed by atoms with van der Waals surface area (Å²) in [5.74, 6) is 0.691. The molecule has 1 aliphatic heterocycles. The van der Waals surface area contributed by atoms with Gasteiger partial charge in [-0.15, -0.1) is 0 Å². The maximum absolute atomic E-state index is 12.6. The van der Waals surface area contributed by atoms with Crippen LogP contribution < -0.4 is 5.73 Å². The van der Waals surface area contributed by atoms with Gasteiger partial charge in [-0.3, -0.25) is 4.79 Å². The molecule has 1 atom stereocenters. The molecule has 4 heteroatoms. The molecule has 1 saturated heterocycles. The third-order valence-corrected chi connectivity index (χ3v) is 4.72. The van der Waals surface area contributed by atoms with E-state index in [1.165, 1.54) is 6.42 Å². The smallest absolute Gasteiger partial charge is 0.255 e. The van der Waals surface area contributed by atoms with Gasteiger partial charge in [-0.05, 0) is 48.8 Å². The van der Waals surface area contributed by atoms with E-state index in [9.17, 15) is 4.79 Å². The Labute approximate surface area is 132 Å². The van der Waals surface area contributed by atoms with Gasteiger partial charge in [-0.25, -0.2) is 0 Å². The highest BCUT2D eigenvalue weighted by molar-refractivity contribution is 6.31. The quantitative estimate of drug-likeness (QED) is 0.790. The molecule has 0 aromatic heterocycles. The maximum Gasteiger partial charge on any atom is 0.255 e. The second-order valence-corrected chi connectivity index (χ2v) is 7.45. The SMILES string of the molecule is CC(C)(C)C1CCCN(C(=O)c2ccc(Cl)cc2N)CC1. The van der Waals surface area contributed by atoms with E-state index in [1.807, 2.05) is 4.90 Å². The van der Waals surface area contributed by atoms with Gasteiger partial charge in [-0.2, -0.15) is 0 Å². The molecule has 1 aromatic rings. The molecule has 1 aliphatic rings. The summed E-state index contributed by atoms with van der Waals surface area (Å²) in [6.07, 6.45) is 3.30. The van der Waals surface area contributed by atoms with Crippen molar-refractivity contribution < 1.29 is 4.79 Å². The van der Waals surface area contributed by atoms with Gasteiger partial charge in [0, 0.05) is 23.8 Å². The van der Waals surface area contributed by atoms with Gasteiger partial charge in [0.25, 0.3) is 5.91 Å². The summed E-state index contributed by atoms with van der Waals surface area (Å²) >= 11 is 5.90. The van der Waals surface area contributed by atoms with Gasteiger partial charge in [0.2, 0.25) is 0 Å². The monoisotopic (exact) mass is 308 g/mol. The summed E-state index contributed by atoms with van der Waals surface area (Å²) in [6.45, 7) is 8.47. The largest absolute Gasteiger partial charge is 0.398 e. The lowest BCUT2D eigenvalue weighted by Crippen LogP contribution is -2.33. The standard InChI is InChI=1S/C17H25ClN2O/c1-17(2,3)12-5-4-9-20(10-8-12)16(21)14-7-6-13(18)11-15(14)19/h6-7,11-12H,4-5,8-10,19H2,1-3H3. The molecule has 1 fully saturated rings. The molecule has 0 bridgehead atoms. The number of carbonyl (C=O) groups is 1. The van der Waals surface area contributed by atoms with E-state index >= 15 is 0 Å². The minimum Gasteiger partial charge on any atom is -0.398 e. The lowest BCUT2D eigenvalue weighted by Gasteiger charge is -2.29. The third kappa shape index (κ3) is 3.91. The number of nitrogen functional groups attached to an aromatic ring is 1. The summed E-state index contributed by atoms with van der Waals surface area (Å²) in [4.78, 5) is 14.6. The number of carbonyl (C=O) groups excluding carboxylic acids is 1. The van der Waals surface area contributed by atoms with Crippen molar-refractivity contribution in [3.05, 3.63) is 28.8 Å². The Morgan fingerprint density at radius 2 is 2.00 bits per heavy atom. The minimum atomic E-state index is 0.0266. The van der Waals surface area contributed by atoms with Crippen molar-refractivity contribution in [1.82, 2.24) is 4.90 Å². The van der Waals surface area contributed by atoms with Crippen molar-refractivity contribution in [3.8, 4) is 0 Å². The number of nitrogens with zero attached hydrogens (tertiary/aromatic N) is 1. The van der Waals surface area contributed by atoms with Gasteiger partial charge in [-0.1, -0.05) is 32.4 Å². The van der Waals surface area contributed by atoms with E-state index < -0.39 is 0 Å². The molecule has 0 aliphatic carbocycles. The number of amides is 1. The average Bonchev–Trinajstić information content (AvgIpc) is 2.63. The Morgan fingerprint density at radius 1 is 1.29 bits per heavy atom. The van der Waals surface area contributed by atoms with Crippen LogP contribution in [0.1, 0.15) is 50.4 Å². The van der Waals surface area contributed by atoms with Crippen LogP contribution in [0, 0.1) is 11.3 Å². The van der Waals surface area contributed by atoms with Crippen LogP contribution in [-0.4, -0.2) is 23.9 Å². The number of benzene rings is 1. The molecule has 21 heavy (non-hydrogen) atoms. The molecule has 1 heterocycles. The fraction of sp³-hybridized carbons (Fsp3) is 0.588. The Balaban J connectivity index is 2.10. The van der Waals surface area contributed by atoms with Crippen molar-refractivity contribution in [2.75, 3.05) is 18.8 Å². The fourth-order valence-electron chi connectivity index (χ4n) is 3.06. The summed E-state index contributed by atoms with van der Waals surface area (Å²) in [5.41, 5.74) is 7.26. The second kappa shape index (κ2) is 6.27. The van der Waals surface area contributed by atoms with Crippen molar-refractivity contribution in [3.63, 3.8) is 0 Å².